The molecule has 0 aliphatic rings. The van der Waals surface area contributed by atoms with E-state index >= 15 is 0 Å². The molecule has 0 spiro atoms. The monoisotopic (exact) mass is 294 g/mol. The highest BCUT2D eigenvalue weighted by atomic mass is 32.2. The van der Waals surface area contributed by atoms with Crippen molar-refractivity contribution in [1.82, 2.24) is 10.3 Å². The van der Waals surface area contributed by atoms with Gasteiger partial charge in [-0.05, 0) is 37.7 Å². The summed E-state index contributed by atoms with van der Waals surface area (Å²) in [6.45, 7) is 4.95. The summed E-state index contributed by atoms with van der Waals surface area (Å²) in [7, 11) is 0. The molecule has 0 fully saturated rings. The quantitative estimate of drug-likeness (QED) is 0.895. The summed E-state index contributed by atoms with van der Waals surface area (Å²) >= 11 is 1.23. The van der Waals surface area contributed by atoms with Crippen LogP contribution in [0.5, 0.6) is 0 Å². The molecule has 0 radical (unpaired) electrons. The van der Waals surface area contributed by atoms with Crippen LogP contribution in [0.4, 0.5) is 8.78 Å². The van der Waals surface area contributed by atoms with Gasteiger partial charge in [-0.2, -0.15) is 0 Å². The van der Waals surface area contributed by atoms with Crippen LogP contribution in [0.3, 0.4) is 0 Å². The number of halogens is 2. The predicted molar refractivity (Wildman–Crippen MR) is 76.8 cm³/mol. The van der Waals surface area contributed by atoms with Crippen LogP contribution < -0.4 is 5.32 Å². The minimum absolute atomic E-state index is 0.182. The molecule has 1 N–H and O–H groups in total. The fourth-order valence-corrected chi connectivity index (χ4v) is 2.59. The SMILES string of the molecule is CCNC(C)c1ccc(Sc2ccc(F)cc2F)cn1. The van der Waals surface area contributed by atoms with Gasteiger partial charge in [0.25, 0.3) is 0 Å². The van der Waals surface area contributed by atoms with Crippen molar-refractivity contribution >= 4 is 11.8 Å². The average molecular weight is 294 g/mol. The molecular formula is C15H16F2N2S. The van der Waals surface area contributed by atoms with Gasteiger partial charge in [-0.25, -0.2) is 8.78 Å². The van der Waals surface area contributed by atoms with Crippen molar-refractivity contribution in [2.75, 3.05) is 6.54 Å². The highest BCUT2D eigenvalue weighted by Gasteiger charge is 2.08. The molecule has 0 saturated heterocycles. The lowest BCUT2D eigenvalue weighted by Gasteiger charge is -2.11. The van der Waals surface area contributed by atoms with Gasteiger partial charge in [-0.3, -0.25) is 4.98 Å². The van der Waals surface area contributed by atoms with E-state index < -0.39 is 11.6 Å². The van der Waals surface area contributed by atoms with E-state index in [2.05, 4.69) is 10.3 Å². The summed E-state index contributed by atoms with van der Waals surface area (Å²) in [4.78, 5) is 5.57. The van der Waals surface area contributed by atoms with E-state index in [1.807, 2.05) is 26.0 Å². The van der Waals surface area contributed by atoms with Crippen LogP contribution in [-0.2, 0) is 0 Å². The summed E-state index contributed by atoms with van der Waals surface area (Å²) in [6, 6.07) is 7.56. The molecule has 1 unspecified atom stereocenters. The van der Waals surface area contributed by atoms with E-state index in [9.17, 15) is 8.78 Å². The minimum atomic E-state index is -0.570. The molecule has 0 amide bonds. The first-order chi connectivity index (χ1) is 9.60. The van der Waals surface area contributed by atoms with E-state index in [0.717, 1.165) is 23.2 Å². The summed E-state index contributed by atoms with van der Waals surface area (Å²) in [6.07, 6.45) is 1.70. The molecule has 5 heteroatoms. The Labute approximate surface area is 121 Å². The highest BCUT2D eigenvalue weighted by molar-refractivity contribution is 7.99. The summed E-state index contributed by atoms with van der Waals surface area (Å²) in [5.41, 5.74) is 0.941. The van der Waals surface area contributed by atoms with Gasteiger partial charge in [0.15, 0.2) is 0 Å². The fourth-order valence-electron chi connectivity index (χ4n) is 1.80. The van der Waals surface area contributed by atoms with Crippen LogP contribution in [-0.4, -0.2) is 11.5 Å². The standard InChI is InChI=1S/C15H16F2N2S/c1-3-18-10(2)14-6-5-12(9-19-14)20-15-7-4-11(16)8-13(15)17/h4-10,18H,3H2,1-2H3. The molecule has 0 saturated carbocycles. The van der Waals surface area contributed by atoms with Crippen molar-refractivity contribution in [1.29, 1.82) is 0 Å². The Morgan fingerprint density at radius 3 is 2.65 bits per heavy atom. The molecule has 106 valence electrons. The summed E-state index contributed by atoms with van der Waals surface area (Å²) < 4.78 is 26.4. The lowest BCUT2D eigenvalue weighted by molar-refractivity contribution is 0.565. The zero-order valence-electron chi connectivity index (χ0n) is 11.4. The second-order valence-electron chi connectivity index (χ2n) is 4.37. The van der Waals surface area contributed by atoms with Gasteiger partial charge in [0, 0.05) is 28.1 Å². The number of nitrogens with zero attached hydrogens (tertiary/aromatic N) is 1. The van der Waals surface area contributed by atoms with Crippen LogP contribution in [0.1, 0.15) is 25.6 Å². The first kappa shape index (κ1) is 14.9. The zero-order chi connectivity index (χ0) is 14.5. The van der Waals surface area contributed by atoms with Crippen molar-refractivity contribution in [3.63, 3.8) is 0 Å². The third-order valence-electron chi connectivity index (χ3n) is 2.83. The van der Waals surface area contributed by atoms with E-state index in [1.165, 1.54) is 23.9 Å². The van der Waals surface area contributed by atoms with Crippen molar-refractivity contribution < 1.29 is 8.78 Å². The van der Waals surface area contributed by atoms with Crippen molar-refractivity contribution in [3.05, 3.63) is 53.9 Å². The van der Waals surface area contributed by atoms with E-state index in [1.54, 1.807) is 6.20 Å². The Bertz CT molecular complexity index is 573. The molecule has 1 atom stereocenters. The number of hydrogen-bond donors (Lipinski definition) is 1. The van der Waals surface area contributed by atoms with Gasteiger partial charge in [0.05, 0.1) is 5.69 Å². The molecular weight excluding hydrogens is 278 g/mol. The number of hydrogen-bond acceptors (Lipinski definition) is 3. The van der Waals surface area contributed by atoms with Gasteiger partial charge in [-0.15, -0.1) is 0 Å². The van der Waals surface area contributed by atoms with E-state index in [-0.39, 0.29) is 6.04 Å². The summed E-state index contributed by atoms with van der Waals surface area (Å²) in [5.74, 6) is -1.13. The molecule has 0 bridgehead atoms. The molecule has 0 aliphatic carbocycles. The molecule has 1 aromatic carbocycles. The van der Waals surface area contributed by atoms with Gasteiger partial charge in [-0.1, -0.05) is 18.7 Å². The van der Waals surface area contributed by atoms with Crippen molar-refractivity contribution in [3.8, 4) is 0 Å². The minimum Gasteiger partial charge on any atom is -0.309 e. The topological polar surface area (TPSA) is 24.9 Å². The number of pyridine rings is 1. The Hall–Kier alpha value is -1.46. The second-order valence-corrected chi connectivity index (χ2v) is 5.49. The lowest BCUT2D eigenvalue weighted by Crippen LogP contribution is -2.18. The summed E-state index contributed by atoms with van der Waals surface area (Å²) in [5, 5.41) is 3.28. The predicted octanol–water partition coefficient (Wildman–Crippen LogP) is 4.18. The van der Waals surface area contributed by atoms with Crippen LogP contribution in [0.2, 0.25) is 0 Å². The molecule has 2 rings (SSSR count). The molecule has 2 nitrogen and oxygen atoms in total. The Kier molecular flexibility index (Phi) is 5.09. The largest absolute Gasteiger partial charge is 0.309 e. The van der Waals surface area contributed by atoms with Crippen LogP contribution in [0, 0.1) is 11.6 Å². The van der Waals surface area contributed by atoms with Crippen molar-refractivity contribution in [2.24, 2.45) is 0 Å². The maximum Gasteiger partial charge on any atom is 0.140 e. The zero-order valence-corrected chi connectivity index (χ0v) is 12.2. The van der Waals surface area contributed by atoms with Crippen LogP contribution in [0.15, 0.2) is 46.3 Å². The average Bonchev–Trinajstić information content (AvgIpc) is 2.43. The number of nitrogens with one attached hydrogen (secondary N) is 1. The fraction of sp³-hybridized carbons (Fsp3) is 0.267. The van der Waals surface area contributed by atoms with Gasteiger partial charge in [0.1, 0.15) is 11.6 Å². The smallest absolute Gasteiger partial charge is 0.140 e. The number of aromatic nitrogens is 1. The molecule has 0 aliphatic heterocycles. The number of rotatable bonds is 5. The maximum atomic E-state index is 13.6. The van der Waals surface area contributed by atoms with Crippen LogP contribution in [0.25, 0.3) is 0 Å². The highest BCUT2D eigenvalue weighted by Crippen LogP contribution is 2.30. The maximum absolute atomic E-state index is 13.6. The van der Waals surface area contributed by atoms with Crippen molar-refractivity contribution in [2.45, 2.75) is 29.7 Å². The van der Waals surface area contributed by atoms with Crippen LogP contribution >= 0.6 is 11.8 Å². The number of benzene rings is 1. The Morgan fingerprint density at radius 1 is 1.25 bits per heavy atom. The van der Waals surface area contributed by atoms with E-state index in [0.29, 0.717) is 4.90 Å². The molecule has 1 aromatic heterocycles. The van der Waals surface area contributed by atoms with E-state index in [4.69, 9.17) is 0 Å². The third kappa shape index (κ3) is 3.77. The third-order valence-corrected chi connectivity index (χ3v) is 3.86. The Balaban J connectivity index is 2.10. The second kappa shape index (κ2) is 6.81. The van der Waals surface area contributed by atoms with Gasteiger partial charge < -0.3 is 5.32 Å². The van der Waals surface area contributed by atoms with Gasteiger partial charge >= 0.3 is 0 Å². The normalized spacial score (nSPS) is 12.4. The molecule has 2 aromatic rings. The molecule has 20 heavy (non-hydrogen) atoms. The first-order valence-electron chi connectivity index (χ1n) is 6.42. The first-order valence-corrected chi connectivity index (χ1v) is 7.24. The van der Waals surface area contributed by atoms with Gasteiger partial charge in [0.2, 0.25) is 0 Å². The lowest BCUT2D eigenvalue weighted by atomic mass is 10.2. The Morgan fingerprint density at radius 2 is 2.05 bits per heavy atom. The molecule has 1 heterocycles.